The molecule has 370 valence electrons. The fourth-order valence-electron chi connectivity index (χ4n) is 8.31. The van der Waals surface area contributed by atoms with E-state index < -0.39 is 57.8 Å². The first-order chi connectivity index (χ1) is 31.2. The lowest BCUT2D eigenvalue weighted by Gasteiger charge is -2.30. The van der Waals surface area contributed by atoms with Crippen LogP contribution in [0.25, 0.3) is 0 Å². The Morgan fingerprint density at radius 2 is 1.32 bits per heavy atom. The van der Waals surface area contributed by atoms with Crippen LogP contribution in [-0.4, -0.2) is 159 Å². The second-order valence-electron chi connectivity index (χ2n) is 16.3. The van der Waals surface area contributed by atoms with Gasteiger partial charge in [-0.3, -0.25) is 13.9 Å². The molecule has 22 heteroatoms. The van der Waals surface area contributed by atoms with Crippen molar-refractivity contribution in [3.05, 3.63) is 71.5 Å². The van der Waals surface area contributed by atoms with E-state index in [2.05, 4.69) is 0 Å². The van der Waals surface area contributed by atoms with E-state index in [9.17, 15) is 48.8 Å². The summed E-state index contributed by atoms with van der Waals surface area (Å²) in [6, 6.07) is 8.45. The lowest BCUT2D eigenvalue weighted by atomic mass is 9.76. The number of benzene rings is 2. The molecule has 2 aliphatic heterocycles. The van der Waals surface area contributed by atoms with Gasteiger partial charge in [-0.25, -0.2) is 8.42 Å². The van der Waals surface area contributed by atoms with Crippen molar-refractivity contribution in [3.63, 3.8) is 0 Å². The molecule has 0 spiro atoms. The molecule has 0 bridgehead atoms. The molecule has 2 aliphatic rings. The smallest absolute Gasteiger partial charge is 0.303 e. The average molecular weight is 989 g/mol. The minimum absolute atomic E-state index is 0.00930. The van der Waals surface area contributed by atoms with Crippen molar-refractivity contribution in [3.8, 4) is 0 Å². The van der Waals surface area contributed by atoms with Crippen molar-refractivity contribution in [1.29, 1.82) is 0 Å². The summed E-state index contributed by atoms with van der Waals surface area (Å²) in [7, 11) is -10.7. The normalized spacial score (nSPS) is 19.4. The Bertz CT molecular complexity index is 2390. The number of nitrogens with zero attached hydrogens (tertiary/aromatic N) is 2. The lowest BCUT2D eigenvalue weighted by Crippen LogP contribution is -2.33. The molecule has 3 N–H and O–H groups in total. The molecule has 66 heavy (non-hydrogen) atoms. The number of rotatable bonds is 32. The number of fused-ring (bicyclic) bond motifs is 2. The van der Waals surface area contributed by atoms with E-state index in [0.29, 0.717) is 100 Å². The fourth-order valence-corrected chi connectivity index (χ4v) is 9.83. The van der Waals surface area contributed by atoms with Crippen LogP contribution in [0.4, 0.5) is 11.4 Å². The highest BCUT2D eigenvalue weighted by atomic mass is 32.2. The predicted molar refractivity (Wildman–Crippen MR) is 243 cm³/mol. The number of unbranched alkanes of at least 4 members (excludes halogenated alkanes) is 2. The summed E-state index contributed by atoms with van der Waals surface area (Å²) in [5, 5.41) is 9.20. The monoisotopic (exact) mass is 988 g/mol. The number of aliphatic carboxylic acids is 1. The molecule has 0 radical (unpaired) electrons. The first-order valence-corrected chi connectivity index (χ1v) is 26.1. The van der Waals surface area contributed by atoms with Crippen LogP contribution in [0.15, 0.2) is 70.1 Å². The largest absolute Gasteiger partial charge is 0.744 e. The summed E-state index contributed by atoms with van der Waals surface area (Å²) in [5.41, 5.74) is 1.73. The lowest BCUT2D eigenvalue weighted by molar-refractivity contribution is -0.438. The highest BCUT2D eigenvalue weighted by Crippen LogP contribution is 2.51. The van der Waals surface area contributed by atoms with Gasteiger partial charge in [-0.05, 0) is 87.9 Å². The Labute approximate surface area is 388 Å². The molecule has 0 amide bonds. The van der Waals surface area contributed by atoms with Crippen LogP contribution in [0.1, 0.15) is 69.9 Å². The molecule has 0 fully saturated rings. The molecule has 2 atom stereocenters. The van der Waals surface area contributed by atoms with Crippen LogP contribution >= 0.6 is 0 Å². The van der Waals surface area contributed by atoms with Gasteiger partial charge in [-0.15, -0.1) is 0 Å². The van der Waals surface area contributed by atoms with E-state index in [-0.39, 0.29) is 57.1 Å². The minimum Gasteiger partial charge on any atom is -0.744 e. The molecule has 19 nitrogen and oxygen atoms in total. The number of allylic oxidation sites excluding steroid dienone is 4. The van der Waals surface area contributed by atoms with E-state index in [1.807, 2.05) is 28.6 Å². The van der Waals surface area contributed by atoms with E-state index in [4.69, 9.17) is 28.4 Å². The van der Waals surface area contributed by atoms with E-state index in [0.717, 1.165) is 5.71 Å². The van der Waals surface area contributed by atoms with Gasteiger partial charge in [0.15, 0.2) is 5.71 Å². The zero-order valence-electron chi connectivity index (χ0n) is 38.0. The minimum atomic E-state index is -4.90. The maximum atomic E-state index is 12.4. The van der Waals surface area contributed by atoms with Gasteiger partial charge in [0.25, 0.3) is 20.2 Å². The molecule has 0 aliphatic carbocycles. The summed E-state index contributed by atoms with van der Waals surface area (Å²) >= 11 is 0. The van der Waals surface area contributed by atoms with Gasteiger partial charge in [0, 0.05) is 74.7 Å². The molecule has 0 saturated carbocycles. The predicted octanol–water partition coefficient (Wildman–Crippen LogP) is 4.47. The van der Waals surface area contributed by atoms with Crippen LogP contribution in [0, 0.1) is 0 Å². The van der Waals surface area contributed by atoms with Gasteiger partial charge in [0.05, 0.1) is 80.4 Å². The maximum Gasteiger partial charge on any atom is 0.303 e. The van der Waals surface area contributed by atoms with Crippen molar-refractivity contribution < 1.29 is 81.8 Å². The summed E-state index contributed by atoms with van der Waals surface area (Å²) in [4.78, 5) is 12.4. The Morgan fingerprint density at radius 1 is 0.727 bits per heavy atom. The molecule has 4 rings (SSSR count). The van der Waals surface area contributed by atoms with Gasteiger partial charge >= 0.3 is 5.97 Å². The Kier molecular flexibility index (Phi) is 20.9. The second-order valence-corrected chi connectivity index (χ2v) is 20.7. The summed E-state index contributed by atoms with van der Waals surface area (Å²) in [6.45, 7) is 7.92. The number of methoxy groups -OCH3 is 2. The molecule has 2 aromatic carbocycles. The first-order valence-electron chi connectivity index (χ1n) is 21.7. The fraction of sp³-hybridized carbons (Fsp3) is 0.591. The summed E-state index contributed by atoms with van der Waals surface area (Å²) in [5.74, 6) is -1.47. The number of carboxylic acids is 1. The zero-order valence-corrected chi connectivity index (χ0v) is 40.5. The van der Waals surface area contributed by atoms with Crippen molar-refractivity contribution in [2.45, 2.75) is 79.4 Å². The van der Waals surface area contributed by atoms with Crippen LogP contribution in [0.2, 0.25) is 0 Å². The molecule has 2 heterocycles. The number of carbonyl (C=O) groups is 1. The van der Waals surface area contributed by atoms with Crippen molar-refractivity contribution in [2.24, 2.45) is 0 Å². The van der Waals surface area contributed by atoms with Crippen LogP contribution in [0.5, 0.6) is 0 Å². The van der Waals surface area contributed by atoms with Gasteiger partial charge in [-0.2, -0.15) is 21.4 Å². The third-order valence-electron chi connectivity index (χ3n) is 11.7. The molecule has 2 unspecified atom stereocenters. The summed E-state index contributed by atoms with van der Waals surface area (Å²) < 4.78 is 140. The van der Waals surface area contributed by atoms with Gasteiger partial charge < -0.3 is 43.0 Å². The maximum absolute atomic E-state index is 12.4. The molecular formula is C44H64N2O17S3. The molecule has 0 aromatic heterocycles. The molecular weight excluding hydrogens is 925 g/mol. The van der Waals surface area contributed by atoms with E-state index in [1.54, 1.807) is 33.3 Å². The van der Waals surface area contributed by atoms with Crippen LogP contribution < -0.4 is 4.90 Å². The van der Waals surface area contributed by atoms with Crippen molar-refractivity contribution in [2.75, 3.05) is 104 Å². The highest BCUT2D eigenvalue weighted by Gasteiger charge is 2.48. The second kappa shape index (κ2) is 25.1. The number of ether oxygens (including phenoxy) is 6. The summed E-state index contributed by atoms with van der Waals surface area (Å²) in [6.07, 6.45) is 7.61. The quantitative estimate of drug-likeness (QED) is 0.0518. The number of carboxylic acid groups (broad SMARTS) is 1. The Balaban J connectivity index is 1.72. The highest BCUT2D eigenvalue weighted by molar-refractivity contribution is 7.86. The molecule has 2 aromatic rings. The van der Waals surface area contributed by atoms with Crippen LogP contribution in [0.3, 0.4) is 0 Å². The third-order valence-corrected chi connectivity index (χ3v) is 14.2. The molecule has 0 saturated heterocycles. The number of hydrogen-bond donors (Lipinski definition) is 3. The van der Waals surface area contributed by atoms with Crippen molar-refractivity contribution >= 4 is 53.4 Å². The number of anilines is 1. The Morgan fingerprint density at radius 3 is 1.89 bits per heavy atom. The first kappa shape index (κ1) is 55.0. The van der Waals surface area contributed by atoms with Crippen LogP contribution in [-0.2, 0) is 74.4 Å². The van der Waals surface area contributed by atoms with Gasteiger partial charge in [-0.1, -0.05) is 6.08 Å². The van der Waals surface area contributed by atoms with Gasteiger partial charge in [0.2, 0.25) is 5.69 Å². The van der Waals surface area contributed by atoms with E-state index in [1.165, 1.54) is 30.3 Å². The topological polar surface area (TPSA) is 265 Å². The number of hydrogen-bond acceptors (Lipinski definition) is 15. The standard InChI is InChI=1S/C44H64N2O17S3/c1-43(17-9-31-64(49,50)51)36-32-34(65(52,53)54)14-16-39(36)46(20-22-60-25-26-62-29-30-63-28-27-61-24-23-59-4)40(43)10-8-11-41-44(2,18-21-58-3)37-33-35(66(55,56)57)13-15-38(37)45(41)19-7-5-6-12-42(47)48/h8,10-11,13-16,32-33H,5-7,9,12,17-31H2,1-4H3,(H3-,47,48,49,50,51,52,53,54,55,56,57). The zero-order chi connectivity index (χ0) is 48.6. The average Bonchev–Trinajstić information content (AvgIpc) is 3.61. The van der Waals surface area contributed by atoms with Gasteiger partial charge in [0.1, 0.15) is 16.7 Å². The Hall–Kier alpha value is -3.65. The van der Waals surface area contributed by atoms with E-state index >= 15 is 0 Å². The SMILES string of the molecule is COCCOCCOCCOCCOCCN1/C(=C/C=C/C2=[N+](CCCCCC(=O)O)c3ccc(S(=O)(=O)O)cc3C2(C)CCOC)C(C)(CCCS(=O)(=O)O)c2cc(S(=O)(=O)[O-])ccc21. The van der Waals surface area contributed by atoms with Crippen molar-refractivity contribution in [1.82, 2.24) is 0 Å². The third kappa shape index (κ3) is 15.4.